The minimum Gasteiger partial charge on any atom is -0.497 e. The first kappa shape index (κ1) is 13.4. The van der Waals surface area contributed by atoms with E-state index in [1.54, 1.807) is 50.1 Å². The molecule has 1 fully saturated rings. The predicted octanol–water partition coefficient (Wildman–Crippen LogP) is 1.05. The fourth-order valence-electron chi connectivity index (χ4n) is 2.17. The number of methoxy groups -OCH3 is 1. The van der Waals surface area contributed by atoms with E-state index in [4.69, 9.17) is 4.74 Å². The Morgan fingerprint density at radius 1 is 1.42 bits per heavy atom. The normalized spacial score (nSPS) is 17.8. The monoisotopic (exact) mass is 262 g/mol. The van der Waals surface area contributed by atoms with Crippen LogP contribution in [0.2, 0.25) is 0 Å². The third kappa shape index (κ3) is 2.41. The molecule has 19 heavy (non-hydrogen) atoms. The van der Waals surface area contributed by atoms with Gasteiger partial charge in [0, 0.05) is 18.7 Å². The van der Waals surface area contributed by atoms with E-state index >= 15 is 0 Å². The number of benzene rings is 1. The van der Waals surface area contributed by atoms with Crippen molar-refractivity contribution < 1.29 is 14.3 Å². The van der Waals surface area contributed by atoms with Gasteiger partial charge in [-0.15, -0.1) is 0 Å². The first-order valence-electron chi connectivity index (χ1n) is 6.21. The summed E-state index contributed by atoms with van der Waals surface area (Å²) < 4.78 is 5.12. The smallest absolute Gasteiger partial charge is 0.254 e. The molecule has 102 valence electrons. The Labute approximate surface area is 112 Å². The molecule has 0 saturated carbocycles. The van der Waals surface area contributed by atoms with Crippen molar-refractivity contribution in [1.29, 1.82) is 0 Å². The molecular formula is C14H18N2O3. The lowest BCUT2D eigenvalue weighted by molar-refractivity contribution is -0.133. The number of rotatable bonds is 2. The molecule has 1 saturated heterocycles. The molecule has 0 spiro atoms. The lowest BCUT2D eigenvalue weighted by Crippen LogP contribution is -2.63. The zero-order valence-electron chi connectivity index (χ0n) is 11.4. The van der Waals surface area contributed by atoms with E-state index in [-0.39, 0.29) is 11.8 Å². The molecule has 1 aliphatic heterocycles. The van der Waals surface area contributed by atoms with Gasteiger partial charge in [-0.25, -0.2) is 0 Å². The van der Waals surface area contributed by atoms with Crippen molar-refractivity contribution in [3.05, 3.63) is 29.8 Å². The van der Waals surface area contributed by atoms with Gasteiger partial charge in [0.1, 0.15) is 11.3 Å². The molecule has 1 N–H and O–H groups in total. The van der Waals surface area contributed by atoms with E-state index in [0.29, 0.717) is 24.4 Å². The summed E-state index contributed by atoms with van der Waals surface area (Å²) in [5.41, 5.74) is -0.305. The first-order chi connectivity index (χ1) is 8.96. The van der Waals surface area contributed by atoms with Crippen molar-refractivity contribution in [2.45, 2.75) is 19.4 Å². The standard InChI is InChI=1S/C14H18N2O3/c1-14(2)13(18)15-7-8-16(14)12(17)10-5-4-6-11(9-10)19-3/h4-6,9H,7-8H2,1-3H3,(H,15,18). The number of hydrogen-bond acceptors (Lipinski definition) is 3. The number of carbonyl (C=O) groups excluding carboxylic acids is 2. The van der Waals surface area contributed by atoms with Crippen LogP contribution in [0.3, 0.4) is 0 Å². The van der Waals surface area contributed by atoms with Gasteiger partial charge in [-0.2, -0.15) is 0 Å². The largest absolute Gasteiger partial charge is 0.497 e. The number of carbonyl (C=O) groups is 2. The number of piperazine rings is 1. The van der Waals surface area contributed by atoms with Gasteiger partial charge in [-0.1, -0.05) is 6.07 Å². The maximum atomic E-state index is 12.5. The van der Waals surface area contributed by atoms with Gasteiger partial charge < -0.3 is 15.0 Å². The van der Waals surface area contributed by atoms with Gasteiger partial charge >= 0.3 is 0 Å². The van der Waals surface area contributed by atoms with E-state index in [9.17, 15) is 9.59 Å². The van der Waals surface area contributed by atoms with Gasteiger partial charge in [0.15, 0.2) is 0 Å². The average Bonchev–Trinajstić information content (AvgIpc) is 2.41. The number of hydrogen-bond donors (Lipinski definition) is 1. The van der Waals surface area contributed by atoms with Crippen LogP contribution in [0, 0.1) is 0 Å². The molecule has 1 aromatic carbocycles. The molecule has 0 bridgehead atoms. The van der Waals surface area contributed by atoms with Crippen LogP contribution in [0.15, 0.2) is 24.3 Å². The molecule has 1 heterocycles. The highest BCUT2D eigenvalue weighted by Crippen LogP contribution is 2.22. The van der Waals surface area contributed by atoms with Crippen LogP contribution in [0.4, 0.5) is 0 Å². The Morgan fingerprint density at radius 2 is 2.16 bits per heavy atom. The minimum absolute atomic E-state index is 0.130. The molecule has 0 atom stereocenters. The molecule has 0 radical (unpaired) electrons. The summed E-state index contributed by atoms with van der Waals surface area (Å²) in [6, 6.07) is 6.96. The summed E-state index contributed by atoms with van der Waals surface area (Å²) in [7, 11) is 1.56. The maximum Gasteiger partial charge on any atom is 0.254 e. The minimum atomic E-state index is -0.835. The zero-order chi connectivity index (χ0) is 14.0. The molecule has 0 unspecified atom stereocenters. The van der Waals surface area contributed by atoms with Crippen LogP contribution < -0.4 is 10.1 Å². The molecule has 5 nitrogen and oxygen atoms in total. The SMILES string of the molecule is COc1cccc(C(=O)N2CCNC(=O)C2(C)C)c1. The van der Waals surface area contributed by atoms with E-state index in [1.807, 2.05) is 0 Å². The lowest BCUT2D eigenvalue weighted by atomic mass is 9.97. The van der Waals surface area contributed by atoms with E-state index < -0.39 is 5.54 Å². The van der Waals surface area contributed by atoms with Crippen LogP contribution in [-0.4, -0.2) is 42.5 Å². The van der Waals surface area contributed by atoms with Gasteiger partial charge in [-0.3, -0.25) is 9.59 Å². The summed E-state index contributed by atoms with van der Waals surface area (Å²) >= 11 is 0. The Balaban J connectivity index is 2.30. The van der Waals surface area contributed by atoms with Gasteiger partial charge in [0.25, 0.3) is 5.91 Å². The Bertz CT molecular complexity index is 511. The van der Waals surface area contributed by atoms with Crippen LogP contribution in [-0.2, 0) is 4.79 Å². The van der Waals surface area contributed by atoms with Crippen LogP contribution in [0.1, 0.15) is 24.2 Å². The molecule has 0 aromatic heterocycles. The van der Waals surface area contributed by atoms with Crippen molar-refractivity contribution in [2.24, 2.45) is 0 Å². The molecular weight excluding hydrogens is 244 g/mol. The van der Waals surface area contributed by atoms with Gasteiger partial charge in [0.05, 0.1) is 7.11 Å². The quantitative estimate of drug-likeness (QED) is 0.866. The summed E-state index contributed by atoms with van der Waals surface area (Å²) in [4.78, 5) is 26.0. The van der Waals surface area contributed by atoms with Crippen LogP contribution in [0.5, 0.6) is 5.75 Å². The van der Waals surface area contributed by atoms with E-state index in [0.717, 1.165) is 0 Å². The second-order valence-electron chi connectivity index (χ2n) is 5.00. The van der Waals surface area contributed by atoms with E-state index in [2.05, 4.69) is 5.32 Å². The fraction of sp³-hybridized carbons (Fsp3) is 0.429. The highest BCUT2D eigenvalue weighted by Gasteiger charge is 2.40. The molecule has 0 aliphatic carbocycles. The maximum absolute atomic E-state index is 12.5. The van der Waals surface area contributed by atoms with Crippen molar-refractivity contribution in [1.82, 2.24) is 10.2 Å². The van der Waals surface area contributed by atoms with Gasteiger partial charge in [0.2, 0.25) is 5.91 Å². The molecule has 1 aromatic rings. The van der Waals surface area contributed by atoms with Crippen molar-refractivity contribution in [3.8, 4) is 5.75 Å². The van der Waals surface area contributed by atoms with Crippen molar-refractivity contribution in [2.75, 3.05) is 20.2 Å². The topological polar surface area (TPSA) is 58.6 Å². The number of nitrogens with zero attached hydrogens (tertiary/aromatic N) is 1. The number of ether oxygens (including phenoxy) is 1. The fourth-order valence-corrected chi connectivity index (χ4v) is 2.17. The number of nitrogens with one attached hydrogen (secondary N) is 1. The highest BCUT2D eigenvalue weighted by molar-refractivity contribution is 5.99. The second kappa shape index (κ2) is 4.91. The van der Waals surface area contributed by atoms with Crippen LogP contribution in [0.25, 0.3) is 0 Å². The average molecular weight is 262 g/mol. The molecule has 1 aliphatic rings. The highest BCUT2D eigenvalue weighted by atomic mass is 16.5. The Kier molecular flexibility index (Phi) is 3.46. The summed E-state index contributed by atoms with van der Waals surface area (Å²) in [5, 5.41) is 2.77. The summed E-state index contributed by atoms with van der Waals surface area (Å²) in [6.07, 6.45) is 0. The third-order valence-electron chi connectivity index (χ3n) is 3.41. The van der Waals surface area contributed by atoms with Crippen molar-refractivity contribution in [3.63, 3.8) is 0 Å². The predicted molar refractivity (Wildman–Crippen MR) is 71.1 cm³/mol. The molecule has 2 rings (SSSR count). The Morgan fingerprint density at radius 3 is 2.84 bits per heavy atom. The van der Waals surface area contributed by atoms with Gasteiger partial charge in [-0.05, 0) is 32.0 Å². The van der Waals surface area contributed by atoms with Crippen LogP contribution >= 0.6 is 0 Å². The van der Waals surface area contributed by atoms with Crippen molar-refractivity contribution >= 4 is 11.8 Å². The van der Waals surface area contributed by atoms with E-state index in [1.165, 1.54) is 0 Å². The zero-order valence-corrected chi connectivity index (χ0v) is 11.4. The lowest BCUT2D eigenvalue weighted by Gasteiger charge is -2.41. The molecule has 5 heteroatoms. The third-order valence-corrected chi connectivity index (χ3v) is 3.41. The Hall–Kier alpha value is -2.04. The second-order valence-corrected chi connectivity index (χ2v) is 5.00. The summed E-state index contributed by atoms with van der Waals surface area (Å²) in [6.45, 7) is 4.49. The summed E-state index contributed by atoms with van der Waals surface area (Å²) in [5.74, 6) is 0.346. The number of amides is 2. The first-order valence-corrected chi connectivity index (χ1v) is 6.21. The molecule has 2 amide bonds.